The number of cyclic esters (lactones) is 1. The molecule has 2 atom stereocenters. The van der Waals surface area contributed by atoms with E-state index in [1.165, 1.54) is 12.8 Å². The standard InChI is InChI=1S/C17H27NO3/c1-2-3-4-8-16-14-15(17(19)21-16)7-5-6-9-18-10-12-20-13-11-18/h15-16H,2-4,7-14H2,1H3/t15-,16-/m0/s1. The maximum absolute atomic E-state index is 11.8. The molecule has 0 bridgehead atoms. The Kier molecular flexibility index (Phi) is 7.05. The number of hydrogen-bond donors (Lipinski definition) is 0. The molecule has 2 rings (SSSR count). The first-order valence-corrected chi connectivity index (χ1v) is 8.26. The van der Waals surface area contributed by atoms with Crippen LogP contribution in [-0.2, 0) is 14.3 Å². The third-order valence-electron chi connectivity index (χ3n) is 4.17. The highest BCUT2D eigenvalue weighted by Crippen LogP contribution is 2.27. The molecule has 0 aromatic heterocycles. The van der Waals surface area contributed by atoms with Gasteiger partial charge in [0.25, 0.3) is 0 Å². The summed E-state index contributed by atoms with van der Waals surface area (Å²) < 4.78 is 10.7. The van der Waals surface area contributed by atoms with Crippen molar-refractivity contribution in [1.82, 2.24) is 4.90 Å². The summed E-state index contributed by atoms with van der Waals surface area (Å²) in [5, 5.41) is 0. The predicted octanol–water partition coefficient (Wildman–Crippen LogP) is 2.22. The van der Waals surface area contributed by atoms with Crippen LogP contribution in [0.1, 0.15) is 45.4 Å². The van der Waals surface area contributed by atoms with E-state index in [2.05, 4.69) is 23.7 Å². The number of morpholine rings is 1. The molecule has 0 aliphatic carbocycles. The number of carbonyl (C=O) groups excluding carboxylic acids is 1. The van der Waals surface area contributed by atoms with Crippen molar-refractivity contribution in [3.8, 4) is 11.8 Å². The second-order valence-corrected chi connectivity index (χ2v) is 5.93. The minimum atomic E-state index is -0.0443. The SMILES string of the molecule is CCCCC[C@H]1C[C@H](CC#CCN2CCOCC2)C(=O)O1. The van der Waals surface area contributed by atoms with Gasteiger partial charge in [-0.15, -0.1) is 5.92 Å². The van der Waals surface area contributed by atoms with Gasteiger partial charge in [-0.1, -0.05) is 25.7 Å². The summed E-state index contributed by atoms with van der Waals surface area (Å²) in [5.41, 5.74) is 0. The van der Waals surface area contributed by atoms with Crippen molar-refractivity contribution in [1.29, 1.82) is 0 Å². The van der Waals surface area contributed by atoms with Gasteiger partial charge in [-0.25, -0.2) is 0 Å². The molecule has 0 amide bonds. The number of carbonyl (C=O) groups is 1. The highest BCUT2D eigenvalue weighted by Gasteiger charge is 2.33. The maximum atomic E-state index is 11.8. The van der Waals surface area contributed by atoms with E-state index in [1.54, 1.807) is 0 Å². The first-order valence-electron chi connectivity index (χ1n) is 8.26. The summed E-state index contributed by atoms with van der Waals surface area (Å²) in [6.07, 6.45) is 6.23. The predicted molar refractivity (Wildman–Crippen MR) is 81.8 cm³/mol. The molecule has 0 aromatic rings. The van der Waals surface area contributed by atoms with E-state index >= 15 is 0 Å². The van der Waals surface area contributed by atoms with Gasteiger partial charge in [0.1, 0.15) is 6.10 Å². The lowest BCUT2D eigenvalue weighted by molar-refractivity contribution is -0.144. The van der Waals surface area contributed by atoms with Crippen LogP contribution in [0.15, 0.2) is 0 Å². The van der Waals surface area contributed by atoms with Crippen LogP contribution in [0.4, 0.5) is 0 Å². The van der Waals surface area contributed by atoms with E-state index in [4.69, 9.17) is 9.47 Å². The minimum Gasteiger partial charge on any atom is -0.462 e. The molecule has 0 saturated carbocycles. The van der Waals surface area contributed by atoms with Crippen molar-refractivity contribution in [3.63, 3.8) is 0 Å². The second-order valence-electron chi connectivity index (χ2n) is 5.93. The lowest BCUT2D eigenvalue weighted by Crippen LogP contribution is -2.36. The molecular formula is C17H27NO3. The van der Waals surface area contributed by atoms with Crippen LogP contribution in [0, 0.1) is 17.8 Å². The number of nitrogens with zero attached hydrogens (tertiary/aromatic N) is 1. The average molecular weight is 293 g/mol. The number of rotatable bonds is 6. The molecule has 4 heteroatoms. The molecule has 0 radical (unpaired) electrons. The van der Waals surface area contributed by atoms with Gasteiger partial charge >= 0.3 is 5.97 Å². The molecule has 21 heavy (non-hydrogen) atoms. The van der Waals surface area contributed by atoms with Crippen molar-refractivity contribution < 1.29 is 14.3 Å². The van der Waals surface area contributed by atoms with Gasteiger partial charge in [0, 0.05) is 19.5 Å². The van der Waals surface area contributed by atoms with E-state index in [-0.39, 0.29) is 18.0 Å². The van der Waals surface area contributed by atoms with Gasteiger partial charge < -0.3 is 9.47 Å². The molecule has 2 heterocycles. The molecule has 0 spiro atoms. The van der Waals surface area contributed by atoms with Crippen LogP contribution in [0.3, 0.4) is 0 Å². The summed E-state index contributed by atoms with van der Waals surface area (Å²) in [4.78, 5) is 14.1. The number of esters is 1. The monoisotopic (exact) mass is 293 g/mol. The topological polar surface area (TPSA) is 38.8 Å². The van der Waals surface area contributed by atoms with E-state index in [1.807, 2.05) is 0 Å². The molecule has 2 saturated heterocycles. The first-order chi connectivity index (χ1) is 10.3. The molecule has 118 valence electrons. The van der Waals surface area contributed by atoms with E-state index in [9.17, 15) is 4.79 Å². The largest absolute Gasteiger partial charge is 0.462 e. The van der Waals surface area contributed by atoms with Crippen molar-refractivity contribution in [2.24, 2.45) is 5.92 Å². The Labute approximate surface area is 128 Å². The summed E-state index contributed by atoms with van der Waals surface area (Å²) in [6.45, 7) is 6.49. The highest BCUT2D eigenvalue weighted by molar-refractivity contribution is 5.75. The van der Waals surface area contributed by atoms with Gasteiger partial charge in [-0.05, 0) is 19.3 Å². The smallest absolute Gasteiger partial charge is 0.310 e. The van der Waals surface area contributed by atoms with Gasteiger partial charge in [0.2, 0.25) is 0 Å². The number of ether oxygens (including phenoxy) is 2. The van der Waals surface area contributed by atoms with Crippen molar-refractivity contribution in [2.45, 2.75) is 51.6 Å². The average Bonchev–Trinajstić information content (AvgIpc) is 2.85. The lowest BCUT2D eigenvalue weighted by Gasteiger charge is -2.24. The van der Waals surface area contributed by atoms with Crippen LogP contribution >= 0.6 is 0 Å². The Morgan fingerprint density at radius 3 is 2.81 bits per heavy atom. The van der Waals surface area contributed by atoms with Gasteiger partial charge in [-0.2, -0.15) is 0 Å². The van der Waals surface area contributed by atoms with E-state index in [0.717, 1.165) is 52.1 Å². The Hall–Kier alpha value is -1.05. The third kappa shape index (κ3) is 5.68. The number of hydrogen-bond acceptors (Lipinski definition) is 4. The molecule has 2 aliphatic rings. The molecule has 2 fully saturated rings. The first kappa shape index (κ1) is 16.3. The molecule has 4 nitrogen and oxygen atoms in total. The van der Waals surface area contributed by atoms with E-state index in [0.29, 0.717) is 6.42 Å². The highest BCUT2D eigenvalue weighted by atomic mass is 16.5. The zero-order chi connectivity index (χ0) is 14.9. The molecule has 0 N–H and O–H groups in total. The molecule has 2 aliphatic heterocycles. The van der Waals surface area contributed by atoms with Gasteiger partial charge in [0.05, 0.1) is 25.7 Å². The number of unbranched alkanes of at least 4 members (excludes halogenated alkanes) is 2. The maximum Gasteiger partial charge on any atom is 0.310 e. The fourth-order valence-corrected chi connectivity index (χ4v) is 2.81. The second kappa shape index (κ2) is 9.07. The molecule has 0 unspecified atom stereocenters. The summed E-state index contributed by atoms with van der Waals surface area (Å²) in [6, 6.07) is 0. The Balaban J connectivity index is 1.65. The molecule has 0 aromatic carbocycles. The fraction of sp³-hybridized carbons (Fsp3) is 0.824. The zero-order valence-corrected chi connectivity index (χ0v) is 13.1. The van der Waals surface area contributed by atoms with Gasteiger partial charge in [-0.3, -0.25) is 9.69 Å². The summed E-state index contributed by atoms with van der Waals surface area (Å²) in [7, 11) is 0. The van der Waals surface area contributed by atoms with Crippen LogP contribution in [0.25, 0.3) is 0 Å². The van der Waals surface area contributed by atoms with Crippen molar-refractivity contribution >= 4 is 5.97 Å². The Bertz CT molecular complexity index is 379. The van der Waals surface area contributed by atoms with Crippen LogP contribution in [0.2, 0.25) is 0 Å². The Morgan fingerprint density at radius 1 is 1.24 bits per heavy atom. The minimum absolute atomic E-state index is 0.00573. The van der Waals surface area contributed by atoms with Crippen LogP contribution in [-0.4, -0.2) is 49.8 Å². The molecular weight excluding hydrogens is 266 g/mol. The van der Waals surface area contributed by atoms with Gasteiger partial charge in [0.15, 0.2) is 0 Å². The van der Waals surface area contributed by atoms with Crippen LogP contribution in [0.5, 0.6) is 0 Å². The fourth-order valence-electron chi connectivity index (χ4n) is 2.81. The Morgan fingerprint density at radius 2 is 2.05 bits per heavy atom. The van der Waals surface area contributed by atoms with Crippen LogP contribution < -0.4 is 0 Å². The quantitative estimate of drug-likeness (QED) is 0.428. The van der Waals surface area contributed by atoms with Crippen molar-refractivity contribution in [3.05, 3.63) is 0 Å². The zero-order valence-electron chi connectivity index (χ0n) is 13.1. The van der Waals surface area contributed by atoms with E-state index < -0.39 is 0 Å². The van der Waals surface area contributed by atoms with Crippen molar-refractivity contribution in [2.75, 3.05) is 32.8 Å². The third-order valence-corrected chi connectivity index (χ3v) is 4.17. The normalized spacial score (nSPS) is 26.2. The lowest BCUT2D eigenvalue weighted by atomic mass is 9.99. The summed E-state index contributed by atoms with van der Waals surface area (Å²) >= 11 is 0. The summed E-state index contributed by atoms with van der Waals surface area (Å²) in [5.74, 6) is 6.29.